The monoisotopic (exact) mass is 418 g/mol. The number of nitrogens with zero attached hydrogens (tertiary/aromatic N) is 5. The second-order valence-electron chi connectivity index (χ2n) is 8.42. The number of rotatable bonds is 5. The fourth-order valence-corrected chi connectivity index (χ4v) is 4.16. The van der Waals surface area contributed by atoms with Crippen LogP contribution in [0.25, 0.3) is 0 Å². The number of hydrogen-bond acceptors (Lipinski definition) is 4. The van der Waals surface area contributed by atoms with E-state index >= 15 is 0 Å². The van der Waals surface area contributed by atoms with E-state index in [1.807, 2.05) is 30.3 Å². The van der Waals surface area contributed by atoms with E-state index in [0.29, 0.717) is 18.9 Å². The molecule has 1 aliphatic heterocycles. The van der Waals surface area contributed by atoms with Crippen LogP contribution in [-0.2, 0) is 17.9 Å². The number of anilines is 1. The number of carbonyl (C=O) groups is 2. The molecule has 8 nitrogen and oxygen atoms in total. The van der Waals surface area contributed by atoms with Crippen molar-refractivity contribution in [2.45, 2.75) is 50.7 Å². The fraction of sp³-hybridized carbons (Fsp3) is 0.391. The molecular weight excluding hydrogens is 392 g/mol. The summed E-state index contributed by atoms with van der Waals surface area (Å²) in [6.07, 6.45) is 7.56. The lowest BCUT2D eigenvalue weighted by Gasteiger charge is -2.28. The summed E-state index contributed by atoms with van der Waals surface area (Å²) < 4.78 is 3.79. The fourth-order valence-electron chi connectivity index (χ4n) is 4.16. The Labute approximate surface area is 180 Å². The summed E-state index contributed by atoms with van der Waals surface area (Å²) in [5, 5.41) is 7.14. The van der Waals surface area contributed by atoms with Gasteiger partial charge in [0.15, 0.2) is 0 Å². The molecule has 0 spiro atoms. The number of likely N-dealkylation sites (N-methyl/N-ethyl adjacent to an activating group) is 1. The zero-order chi connectivity index (χ0) is 21.4. The molecule has 1 saturated carbocycles. The van der Waals surface area contributed by atoms with E-state index in [-0.39, 0.29) is 11.7 Å². The molecule has 1 unspecified atom stereocenters. The van der Waals surface area contributed by atoms with Crippen LogP contribution < -0.4 is 10.2 Å². The van der Waals surface area contributed by atoms with Crippen molar-refractivity contribution in [3.63, 3.8) is 0 Å². The minimum atomic E-state index is -0.591. The average Bonchev–Trinajstić information content (AvgIpc) is 3.38. The normalized spacial score (nSPS) is 18.9. The van der Waals surface area contributed by atoms with Crippen molar-refractivity contribution in [1.29, 1.82) is 0 Å². The molecule has 0 radical (unpaired) electrons. The third-order valence-electron chi connectivity index (χ3n) is 6.04. The zero-order valence-electron chi connectivity index (χ0n) is 17.6. The van der Waals surface area contributed by atoms with E-state index < -0.39 is 11.9 Å². The van der Waals surface area contributed by atoms with Gasteiger partial charge in [0.05, 0.1) is 6.54 Å². The summed E-state index contributed by atoms with van der Waals surface area (Å²) in [6, 6.07) is 11.4. The number of hydrogen-bond donors (Lipinski definition) is 1. The summed E-state index contributed by atoms with van der Waals surface area (Å²) >= 11 is 0. The van der Waals surface area contributed by atoms with Gasteiger partial charge in [-0.25, -0.2) is 9.67 Å². The minimum absolute atomic E-state index is 0.0767. The second kappa shape index (κ2) is 8.02. The molecule has 1 atom stereocenters. The molecular formula is C23H26N6O2. The standard InChI is InChI=1S/C23H26N6O2/c1-27-20-12-18(17-9-10-17)14-28(20)11-5-8-19(23(27)31)25-22(30)21-24-15-29(26-21)13-16-6-3-2-4-7-16/h2-4,6-7,12,14-15,17,19H,5,8-11,13H2,1H3,(H,25,30). The van der Waals surface area contributed by atoms with Crippen LogP contribution in [0.4, 0.5) is 5.82 Å². The Hall–Kier alpha value is -3.42. The van der Waals surface area contributed by atoms with Crippen molar-refractivity contribution in [1.82, 2.24) is 24.6 Å². The van der Waals surface area contributed by atoms with Crippen molar-refractivity contribution < 1.29 is 9.59 Å². The van der Waals surface area contributed by atoms with Gasteiger partial charge in [-0.15, -0.1) is 5.10 Å². The Morgan fingerprint density at radius 2 is 2.00 bits per heavy atom. The SMILES string of the molecule is CN1C(=O)C(NC(=O)c2ncn(Cc3ccccc3)n2)CCCn2cc(C3CC3)cc21. The van der Waals surface area contributed by atoms with Crippen molar-refractivity contribution in [3.05, 3.63) is 65.9 Å². The Balaban J connectivity index is 1.27. The first kappa shape index (κ1) is 19.5. The quantitative estimate of drug-likeness (QED) is 0.690. The summed E-state index contributed by atoms with van der Waals surface area (Å²) in [6.45, 7) is 1.36. The lowest BCUT2D eigenvalue weighted by molar-refractivity contribution is -0.120. The van der Waals surface area contributed by atoms with Gasteiger partial charge in [-0.3, -0.25) is 14.5 Å². The van der Waals surface area contributed by atoms with Gasteiger partial charge >= 0.3 is 0 Å². The maximum Gasteiger partial charge on any atom is 0.291 e. The van der Waals surface area contributed by atoms with Crippen molar-refractivity contribution in [3.8, 4) is 0 Å². The van der Waals surface area contributed by atoms with Crippen molar-refractivity contribution in [2.75, 3.05) is 11.9 Å². The molecule has 1 aromatic carbocycles. The number of aryl methyl sites for hydroxylation is 1. The number of aromatic nitrogens is 4. The second-order valence-corrected chi connectivity index (χ2v) is 8.42. The number of fused-ring (bicyclic) bond motifs is 1. The molecule has 0 bridgehead atoms. The van der Waals surface area contributed by atoms with Crippen LogP contribution >= 0.6 is 0 Å². The van der Waals surface area contributed by atoms with Gasteiger partial charge in [-0.05, 0) is 48.8 Å². The summed E-state index contributed by atoms with van der Waals surface area (Å²) in [4.78, 5) is 31.7. The molecule has 2 amide bonds. The number of carbonyl (C=O) groups excluding carboxylic acids is 2. The largest absolute Gasteiger partial charge is 0.337 e. The predicted octanol–water partition coefficient (Wildman–Crippen LogP) is 2.56. The molecule has 5 rings (SSSR count). The first-order valence-corrected chi connectivity index (χ1v) is 10.8. The molecule has 1 fully saturated rings. The molecule has 8 heteroatoms. The highest BCUT2D eigenvalue weighted by molar-refractivity contribution is 6.00. The molecule has 2 aliphatic rings. The predicted molar refractivity (Wildman–Crippen MR) is 116 cm³/mol. The molecule has 31 heavy (non-hydrogen) atoms. The van der Waals surface area contributed by atoms with Gasteiger partial charge in [-0.1, -0.05) is 30.3 Å². The molecule has 160 valence electrons. The topological polar surface area (TPSA) is 85.1 Å². The van der Waals surface area contributed by atoms with Crippen LogP contribution in [0.3, 0.4) is 0 Å². The molecule has 0 saturated heterocycles. The first-order valence-electron chi connectivity index (χ1n) is 10.8. The Morgan fingerprint density at radius 3 is 2.77 bits per heavy atom. The van der Waals surface area contributed by atoms with E-state index in [0.717, 1.165) is 24.3 Å². The number of benzene rings is 1. The van der Waals surface area contributed by atoms with Gasteiger partial charge in [-0.2, -0.15) is 0 Å². The Kier molecular flexibility index (Phi) is 5.05. The van der Waals surface area contributed by atoms with Gasteiger partial charge in [0.1, 0.15) is 18.2 Å². The molecule has 3 aromatic rings. The van der Waals surface area contributed by atoms with E-state index in [1.54, 1.807) is 23.0 Å². The van der Waals surface area contributed by atoms with E-state index in [2.05, 4.69) is 32.2 Å². The minimum Gasteiger partial charge on any atom is -0.337 e. The van der Waals surface area contributed by atoms with Gasteiger partial charge in [0.2, 0.25) is 11.7 Å². The van der Waals surface area contributed by atoms with Crippen LogP contribution in [0.5, 0.6) is 0 Å². The van der Waals surface area contributed by atoms with Gasteiger partial charge in [0, 0.05) is 19.8 Å². The highest BCUT2D eigenvalue weighted by Gasteiger charge is 2.32. The lowest BCUT2D eigenvalue weighted by atomic mass is 10.1. The molecule has 3 heterocycles. The summed E-state index contributed by atoms with van der Waals surface area (Å²) in [7, 11) is 1.78. The van der Waals surface area contributed by atoms with E-state index in [4.69, 9.17) is 0 Å². The zero-order valence-corrected chi connectivity index (χ0v) is 17.6. The lowest BCUT2D eigenvalue weighted by Crippen LogP contribution is -2.49. The van der Waals surface area contributed by atoms with Gasteiger partial charge in [0.25, 0.3) is 5.91 Å². The van der Waals surface area contributed by atoms with Crippen LogP contribution in [0.15, 0.2) is 48.9 Å². The molecule has 1 aliphatic carbocycles. The Bertz CT molecular complexity index is 1100. The smallest absolute Gasteiger partial charge is 0.291 e. The highest BCUT2D eigenvalue weighted by atomic mass is 16.2. The first-order chi connectivity index (χ1) is 15.1. The van der Waals surface area contributed by atoms with Crippen molar-refractivity contribution in [2.24, 2.45) is 0 Å². The third kappa shape index (κ3) is 4.10. The van der Waals surface area contributed by atoms with Crippen LogP contribution in [0, 0.1) is 0 Å². The third-order valence-corrected chi connectivity index (χ3v) is 6.04. The molecule has 1 N–H and O–H groups in total. The summed E-state index contributed by atoms with van der Waals surface area (Å²) in [5.74, 6) is 1.08. The van der Waals surface area contributed by atoms with Crippen LogP contribution in [0.2, 0.25) is 0 Å². The number of nitrogens with one attached hydrogen (secondary N) is 1. The van der Waals surface area contributed by atoms with Crippen LogP contribution in [0.1, 0.15) is 53.3 Å². The van der Waals surface area contributed by atoms with Gasteiger partial charge < -0.3 is 9.88 Å². The maximum absolute atomic E-state index is 13.1. The summed E-state index contributed by atoms with van der Waals surface area (Å²) in [5.41, 5.74) is 2.38. The van der Waals surface area contributed by atoms with Crippen LogP contribution in [-0.4, -0.2) is 44.2 Å². The van der Waals surface area contributed by atoms with Crippen molar-refractivity contribution >= 4 is 17.6 Å². The number of amides is 2. The van der Waals surface area contributed by atoms with E-state index in [1.165, 1.54) is 18.4 Å². The maximum atomic E-state index is 13.1. The van der Waals surface area contributed by atoms with E-state index in [9.17, 15) is 9.59 Å². The molecule has 2 aromatic heterocycles. The average molecular weight is 419 g/mol. The Morgan fingerprint density at radius 1 is 1.19 bits per heavy atom. The highest BCUT2D eigenvalue weighted by Crippen LogP contribution is 2.42.